The number of benzene rings is 1. The van der Waals surface area contributed by atoms with Crippen LogP contribution >= 0.6 is 0 Å². The average Bonchev–Trinajstić information content (AvgIpc) is 2.86. The van der Waals surface area contributed by atoms with Crippen LogP contribution in [0.3, 0.4) is 0 Å². The Kier molecular flexibility index (Phi) is 3.39. The molecule has 0 aliphatic rings. The maximum absolute atomic E-state index is 4.36. The second-order valence-corrected chi connectivity index (χ2v) is 5.08. The fourth-order valence-electron chi connectivity index (χ4n) is 2.05. The van der Waals surface area contributed by atoms with E-state index in [9.17, 15) is 0 Å². The number of tetrazole rings is 1. The first-order chi connectivity index (χ1) is 10.1. The molecule has 3 rings (SSSR count). The van der Waals surface area contributed by atoms with Crippen molar-refractivity contribution in [3.05, 3.63) is 42.0 Å². The maximum atomic E-state index is 4.36. The molecule has 7 nitrogen and oxygen atoms in total. The van der Waals surface area contributed by atoms with Crippen molar-refractivity contribution in [3.63, 3.8) is 0 Å². The molecule has 0 saturated heterocycles. The van der Waals surface area contributed by atoms with Crippen molar-refractivity contribution < 1.29 is 4.68 Å². The molecule has 1 aromatic carbocycles. The largest absolute Gasteiger partial charge is 0.378 e. The third-order valence-electron chi connectivity index (χ3n) is 3.31. The molecule has 0 fully saturated rings. The molecule has 0 unspecified atom stereocenters. The highest BCUT2D eigenvalue weighted by atomic mass is 15.6. The summed E-state index contributed by atoms with van der Waals surface area (Å²) in [5.41, 5.74) is 3.23. The zero-order valence-electron chi connectivity index (χ0n) is 12.4. The maximum Gasteiger partial charge on any atom is 0.310 e. The van der Waals surface area contributed by atoms with E-state index in [1.807, 2.05) is 33.3 Å². The van der Waals surface area contributed by atoms with E-state index in [1.54, 1.807) is 4.68 Å². The Morgan fingerprint density at radius 2 is 1.90 bits per heavy atom. The molecule has 0 bridgehead atoms. The molecule has 0 aliphatic heterocycles. The molecular formula is C14H18N7+. The molecule has 0 amide bonds. The summed E-state index contributed by atoms with van der Waals surface area (Å²) in [5.74, 6) is 0.768. The van der Waals surface area contributed by atoms with Crippen LogP contribution in [0.25, 0.3) is 5.65 Å². The minimum absolute atomic E-state index is 0.715. The van der Waals surface area contributed by atoms with Crippen LogP contribution in [0, 0.1) is 0 Å². The van der Waals surface area contributed by atoms with Crippen molar-refractivity contribution in [1.29, 1.82) is 0 Å². The first-order valence-corrected chi connectivity index (χ1v) is 6.73. The van der Waals surface area contributed by atoms with E-state index in [4.69, 9.17) is 0 Å². The van der Waals surface area contributed by atoms with Crippen LogP contribution in [-0.4, -0.2) is 34.3 Å². The lowest BCUT2D eigenvalue weighted by molar-refractivity contribution is -0.707. The monoisotopic (exact) mass is 284 g/mol. The molecule has 3 aromatic rings. The Morgan fingerprint density at radius 3 is 2.62 bits per heavy atom. The molecule has 21 heavy (non-hydrogen) atoms. The average molecular weight is 284 g/mol. The molecule has 0 saturated carbocycles. The highest BCUT2D eigenvalue weighted by molar-refractivity contribution is 5.47. The van der Waals surface area contributed by atoms with Gasteiger partial charge in [-0.1, -0.05) is 17.2 Å². The van der Waals surface area contributed by atoms with Crippen LogP contribution < -0.4 is 14.9 Å². The highest BCUT2D eigenvalue weighted by Gasteiger charge is 2.11. The van der Waals surface area contributed by atoms with Crippen molar-refractivity contribution in [2.24, 2.45) is 7.05 Å². The van der Waals surface area contributed by atoms with E-state index in [-0.39, 0.29) is 0 Å². The van der Waals surface area contributed by atoms with E-state index < -0.39 is 0 Å². The van der Waals surface area contributed by atoms with Gasteiger partial charge in [-0.2, -0.15) is 0 Å². The summed E-state index contributed by atoms with van der Waals surface area (Å²) in [6.07, 6.45) is 0. The molecule has 0 spiro atoms. The highest BCUT2D eigenvalue weighted by Crippen LogP contribution is 2.13. The zero-order chi connectivity index (χ0) is 14.8. The van der Waals surface area contributed by atoms with E-state index in [0.29, 0.717) is 6.54 Å². The summed E-state index contributed by atoms with van der Waals surface area (Å²) in [6, 6.07) is 12.3. The number of fused-ring (bicyclic) bond motifs is 1. The number of hydrogen-bond donors (Lipinski definition) is 1. The summed E-state index contributed by atoms with van der Waals surface area (Å²) in [7, 11) is 5.90. The van der Waals surface area contributed by atoms with Crippen LogP contribution in [0.5, 0.6) is 0 Å². The predicted octanol–water partition coefficient (Wildman–Crippen LogP) is 0.627. The molecule has 1 N–H and O–H groups in total. The van der Waals surface area contributed by atoms with Gasteiger partial charge in [0, 0.05) is 37.0 Å². The van der Waals surface area contributed by atoms with Crippen LogP contribution in [0.1, 0.15) is 5.56 Å². The van der Waals surface area contributed by atoms with Crippen LogP contribution in [-0.2, 0) is 13.6 Å². The van der Waals surface area contributed by atoms with Crippen LogP contribution in [0.4, 0.5) is 11.5 Å². The Labute approximate surface area is 122 Å². The van der Waals surface area contributed by atoms with E-state index >= 15 is 0 Å². The number of hydrogen-bond acceptors (Lipinski definition) is 5. The molecular weight excluding hydrogens is 266 g/mol. The van der Waals surface area contributed by atoms with E-state index in [1.165, 1.54) is 15.9 Å². The lowest BCUT2D eigenvalue weighted by atomic mass is 10.2. The van der Waals surface area contributed by atoms with E-state index in [0.717, 1.165) is 11.5 Å². The van der Waals surface area contributed by atoms with Gasteiger partial charge in [-0.05, 0) is 23.8 Å². The number of nitrogens with one attached hydrogen (secondary N) is 1. The predicted molar refractivity (Wildman–Crippen MR) is 80.1 cm³/mol. The van der Waals surface area contributed by atoms with E-state index in [2.05, 4.69) is 50.0 Å². The SMILES string of the molecule is CN(C)c1ccc(CNc2ccc3n(nn[n+]3C)n2)cc1. The molecule has 7 heteroatoms. The third-order valence-corrected chi connectivity index (χ3v) is 3.31. The fraction of sp³-hybridized carbons (Fsp3) is 0.286. The molecule has 2 aromatic heterocycles. The number of aromatic nitrogens is 5. The normalized spacial score (nSPS) is 10.8. The Hall–Kier alpha value is -2.70. The molecule has 0 atom stereocenters. The van der Waals surface area contributed by atoms with Crippen molar-refractivity contribution in [1.82, 2.24) is 20.2 Å². The standard InChI is InChI=1S/C14H18N7/c1-19(2)12-6-4-11(5-7-12)10-15-13-8-9-14-20(3)17-18-21(14)16-13/h4-9H,10H2,1-3H3,(H,15,16)/q+1. The van der Waals surface area contributed by atoms with Crippen molar-refractivity contribution in [2.45, 2.75) is 6.54 Å². The van der Waals surface area contributed by atoms with Gasteiger partial charge in [-0.15, -0.1) is 4.68 Å². The van der Waals surface area contributed by atoms with Crippen molar-refractivity contribution in [3.8, 4) is 0 Å². The summed E-state index contributed by atoms with van der Waals surface area (Å²) < 4.78 is 3.19. The van der Waals surface area contributed by atoms with Gasteiger partial charge in [0.1, 0.15) is 5.21 Å². The number of aryl methyl sites for hydroxylation is 1. The zero-order valence-corrected chi connectivity index (χ0v) is 12.4. The quantitative estimate of drug-likeness (QED) is 0.712. The van der Waals surface area contributed by atoms with Crippen molar-refractivity contribution in [2.75, 3.05) is 24.3 Å². The van der Waals surface area contributed by atoms with Gasteiger partial charge >= 0.3 is 5.65 Å². The number of rotatable bonds is 4. The van der Waals surface area contributed by atoms with Gasteiger partial charge in [0.25, 0.3) is 0 Å². The van der Waals surface area contributed by atoms with Gasteiger partial charge in [0.2, 0.25) is 0 Å². The summed E-state index contributed by atoms with van der Waals surface area (Å²) in [5, 5.41) is 15.5. The molecule has 0 aliphatic carbocycles. The Bertz CT molecular complexity index is 746. The fourth-order valence-corrected chi connectivity index (χ4v) is 2.05. The summed E-state index contributed by atoms with van der Waals surface area (Å²) >= 11 is 0. The first-order valence-electron chi connectivity index (χ1n) is 6.73. The minimum Gasteiger partial charge on any atom is -0.378 e. The lowest BCUT2D eigenvalue weighted by Gasteiger charge is -2.12. The molecule has 2 heterocycles. The third kappa shape index (κ3) is 2.76. The van der Waals surface area contributed by atoms with Crippen molar-refractivity contribution >= 4 is 17.2 Å². The molecule has 0 radical (unpaired) electrons. The van der Waals surface area contributed by atoms with Gasteiger partial charge in [-0.25, -0.2) is 0 Å². The van der Waals surface area contributed by atoms with Gasteiger partial charge in [-0.3, -0.25) is 0 Å². The summed E-state index contributed by atoms with van der Waals surface area (Å²) in [6.45, 7) is 0.715. The second-order valence-electron chi connectivity index (χ2n) is 5.08. The minimum atomic E-state index is 0.715. The first kappa shape index (κ1) is 13.3. The number of anilines is 2. The van der Waals surface area contributed by atoms with Gasteiger partial charge < -0.3 is 10.2 Å². The number of nitrogens with zero attached hydrogens (tertiary/aromatic N) is 6. The Balaban J connectivity index is 1.70. The Morgan fingerprint density at radius 1 is 1.14 bits per heavy atom. The van der Waals surface area contributed by atoms with Gasteiger partial charge in [0.15, 0.2) is 11.0 Å². The topological polar surface area (TPSA) is 62.2 Å². The van der Waals surface area contributed by atoms with Gasteiger partial charge in [0.05, 0.1) is 7.05 Å². The van der Waals surface area contributed by atoms with Crippen LogP contribution in [0.15, 0.2) is 36.4 Å². The second kappa shape index (κ2) is 5.35. The smallest absolute Gasteiger partial charge is 0.310 e. The lowest BCUT2D eigenvalue weighted by Crippen LogP contribution is -2.30. The summed E-state index contributed by atoms with van der Waals surface area (Å²) in [4.78, 5) is 2.08. The molecule has 108 valence electrons. The van der Waals surface area contributed by atoms with Crippen LogP contribution in [0.2, 0.25) is 0 Å².